The molecule has 0 radical (unpaired) electrons. The van der Waals surface area contributed by atoms with Gasteiger partial charge in [-0.05, 0) is 83.9 Å². The van der Waals surface area contributed by atoms with Crippen LogP contribution in [0.1, 0.15) is 102 Å². The Kier molecular flexibility index (Phi) is 17.5. The molecule has 0 aliphatic carbocycles. The minimum absolute atomic E-state index is 0.00341. The molecule has 0 saturated carbocycles. The van der Waals surface area contributed by atoms with E-state index in [0.717, 1.165) is 5.57 Å². The molecule has 300 valence electrons. The monoisotopic (exact) mass is 736 g/mol. The van der Waals surface area contributed by atoms with Crippen molar-refractivity contribution in [3.63, 3.8) is 0 Å². The number of ether oxygens (including phenoxy) is 5. The lowest BCUT2D eigenvalue weighted by molar-refractivity contribution is -0.278. The zero-order valence-corrected chi connectivity index (χ0v) is 34.5. The molecule has 0 aromatic rings. The fourth-order valence-electron chi connectivity index (χ4n) is 8.76. The summed E-state index contributed by atoms with van der Waals surface area (Å²) in [4.78, 5) is 29.4. The number of aliphatic hydroxyl groups excluding tert-OH is 2. The van der Waals surface area contributed by atoms with Gasteiger partial charge in [-0.3, -0.25) is 9.59 Å². The van der Waals surface area contributed by atoms with Crippen LogP contribution in [0.25, 0.3) is 0 Å². The summed E-state index contributed by atoms with van der Waals surface area (Å²) in [6.07, 6.45) is 3.37. The van der Waals surface area contributed by atoms with Crippen molar-refractivity contribution in [2.24, 2.45) is 53.3 Å². The second-order valence-corrected chi connectivity index (χ2v) is 16.9. The van der Waals surface area contributed by atoms with Gasteiger partial charge >= 0.3 is 5.97 Å². The number of esters is 1. The molecule has 10 heteroatoms. The zero-order valence-electron chi connectivity index (χ0n) is 34.5. The Bertz CT molecular complexity index is 1190. The first-order valence-electron chi connectivity index (χ1n) is 20.0. The molecule has 0 spiro atoms. The summed E-state index contributed by atoms with van der Waals surface area (Å²) in [6, 6.07) is 0.194. The maximum absolute atomic E-state index is 13.6. The van der Waals surface area contributed by atoms with Gasteiger partial charge in [0.2, 0.25) is 0 Å². The van der Waals surface area contributed by atoms with Gasteiger partial charge < -0.3 is 38.8 Å². The fourth-order valence-corrected chi connectivity index (χ4v) is 8.76. The molecule has 0 aromatic carbocycles. The first-order chi connectivity index (χ1) is 24.4. The van der Waals surface area contributed by atoms with Gasteiger partial charge in [0, 0.05) is 42.2 Å². The molecule has 0 aromatic heterocycles. The standard InChI is InChI=1S/C42H73NO9/c1-14-37-34(22-48-41-27(6)25(4)26(5)31(10)49-41)19-23(2)15-16-35(45)24(3)20-33(17-18-44)40(29(8)36(46)21-38(47)51-37)52-42-30(9)39(43(12)13)28(7)32(11)50-42/h15-16,19,24-34,36-37,39-42,44,46H,14,17-18,20-22H2,1-13H3/b16-15+,23-19+/t24-,25-,26+,27-,28-,29+,30-,31-,32-,33+,34-,36-,37-,39+,40-,41-,42+/m1/s1. The molecule has 10 nitrogen and oxygen atoms in total. The minimum atomic E-state index is -1.09. The lowest BCUT2D eigenvalue weighted by Crippen LogP contribution is -2.56. The van der Waals surface area contributed by atoms with Crippen molar-refractivity contribution in [2.45, 2.75) is 151 Å². The number of nitrogens with zero attached hydrogens (tertiary/aromatic N) is 1. The number of hydrogen-bond donors (Lipinski definition) is 2. The predicted molar refractivity (Wildman–Crippen MR) is 203 cm³/mol. The number of rotatable bonds is 9. The number of allylic oxidation sites excluding steroid dienone is 3. The van der Waals surface area contributed by atoms with Crippen LogP contribution in [0.3, 0.4) is 0 Å². The van der Waals surface area contributed by atoms with Crippen LogP contribution in [0.4, 0.5) is 0 Å². The van der Waals surface area contributed by atoms with Crippen molar-refractivity contribution in [3.05, 3.63) is 23.8 Å². The third-order valence-corrected chi connectivity index (χ3v) is 12.9. The van der Waals surface area contributed by atoms with Crippen LogP contribution in [0.2, 0.25) is 0 Å². The Labute approximate surface area is 315 Å². The van der Waals surface area contributed by atoms with E-state index in [1.165, 1.54) is 0 Å². The second-order valence-electron chi connectivity index (χ2n) is 16.9. The van der Waals surface area contributed by atoms with Crippen molar-refractivity contribution >= 4 is 11.8 Å². The zero-order chi connectivity index (χ0) is 39.0. The van der Waals surface area contributed by atoms with Crippen molar-refractivity contribution in [2.75, 3.05) is 27.3 Å². The Hall–Kier alpha value is -1.66. The van der Waals surface area contributed by atoms with E-state index in [0.29, 0.717) is 31.1 Å². The van der Waals surface area contributed by atoms with E-state index in [9.17, 15) is 19.8 Å². The van der Waals surface area contributed by atoms with Crippen molar-refractivity contribution < 1.29 is 43.5 Å². The molecular formula is C42H73NO9. The van der Waals surface area contributed by atoms with Gasteiger partial charge in [-0.15, -0.1) is 0 Å². The highest BCUT2D eigenvalue weighted by molar-refractivity contribution is 5.91. The molecule has 3 aliphatic rings. The highest BCUT2D eigenvalue weighted by Crippen LogP contribution is 2.39. The number of ketones is 1. The van der Waals surface area contributed by atoms with E-state index >= 15 is 0 Å². The van der Waals surface area contributed by atoms with Crippen molar-refractivity contribution in [1.29, 1.82) is 0 Å². The molecule has 52 heavy (non-hydrogen) atoms. The Balaban J connectivity index is 1.95. The van der Waals surface area contributed by atoms with Crippen molar-refractivity contribution in [3.8, 4) is 0 Å². The molecule has 3 heterocycles. The van der Waals surface area contributed by atoms with Gasteiger partial charge in [0.15, 0.2) is 18.4 Å². The first kappa shape index (κ1) is 44.7. The largest absolute Gasteiger partial charge is 0.462 e. The Morgan fingerprint density at radius 2 is 1.48 bits per heavy atom. The summed E-state index contributed by atoms with van der Waals surface area (Å²) in [5.41, 5.74) is 0.854. The van der Waals surface area contributed by atoms with Gasteiger partial charge in [0.25, 0.3) is 0 Å². The van der Waals surface area contributed by atoms with E-state index < -0.39 is 36.5 Å². The van der Waals surface area contributed by atoms with Gasteiger partial charge in [-0.1, -0.05) is 73.1 Å². The molecular weight excluding hydrogens is 662 g/mol. The molecule has 3 aliphatic heterocycles. The average molecular weight is 736 g/mol. The van der Waals surface area contributed by atoms with Gasteiger partial charge in [0.1, 0.15) is 6.10 Å². The Morgan fingerprint density at radius 3 is 2.10 bits per heavy atom. The number of aliphatic hydroxyl groups is 2. The Morgan fingerprint density at radius 1 is 0.846 bits per heavy atom. The average Bonchev–Trinajstić information content (AvgIpc) is 3.08. The summed E-state index contributed by atoms with van der Waals surface area (Å²) >= 11 is 0. The second kappa shape index (κ2) is 20.3. The molecule has 2 fully saturated rings. The first-order valence-corrected chi connectivity index (χ1v) is 20.0. The van der Waals surface area contributed by atoms with Crippen LogP contribution in [0, 0.1) is 53.3 Å². The van der Waals surface area contributed by atoms with Gasteiger partial charge in [0.05, 0.1) is 37.4 Å². The number of cyclic esters (lactones) is 1. The number of carbonyl (C=O) groups is 2. The van der Waals surface area contributed by atoms with E-state index in [2.05, 4.69) is 67.5 Å². The van der Waals surface area contributed by atoms with Crippen LogP contribution in [-0.4, -0.2) is 103 Å². The maximum Gasteiger partial charge on any atom is 0.308 e. The van der Waals surface area contributed by atoms with Crippen LogP contribution < -0.4 is 0 Å². The van der Waals surface area contributed by atoms with Crippen molar-refractivity contribution in [1.82, 2.24) is 4.90 Å². The quantitative estimate of drug-likeness (QED) is 0.257. The third kappa shape index (κ3) is 11.4. The smallest absolute Gasteiger partial charge is 0.308 e. The van der Waals surface area contributed by atoms with E-state index in [-0.39, 0.29) is 85.5 Å². The highest BCUT2D eigenvalue weighted by Gasteiger charge is 2.45. The fraction of sp³-hybridized carbons (Fsp3) is 0.857. The summed E-state index contributed by atoms with van der Waals surface area (Å²) in [5.74, 6) is -0.731. The van der Waals surface area contributed by atoms with Crippen LogP contribution in [0.15, 0.2) is 23.8 Å². The third-order valence-electron chi connectivity index (χ3n) is 12.9. The topological polar surface area (TPSA) is 124 Å². The number of hydrogen-bond acceptors (Lipinski definition) is 10. The number of carbonyl (C=O) groups excluding carboxylic acids is 2. The lowest BCUT2D eigenvalue weighted by atomic mass is 9.79. The predicted octanol–water partition coefficient (Wildman–Crippen LogP) is 6.42. The molecule has 3 rings (SSSR count). The summed E-state index contributed by atoms with van der Waals surface area (Å²) in [6.45, 7) is 22.9. The lowest BCUT2D eigenvalue weighted by Gasteiger charge is -2.48. The molecule has 0 unspecified atom stereocenters. The van der Waals surface area contributed by atoms with Gasteiger partial charge in [-0.25, -0.2) is 0 Å². The normalized spacial score (nSPS) is 44.9. The van der Waals surface area contributed by atoms with E-state index in [4.69, 9.17) is 23.7 Å². The van der Waals surface area contributed by atoms with E-state index in [1.807, 2.05) is 39.8 Å². The van der Waals surface area contributed by atoms with E-state index in [1.54, 1.807) is 6.08 Å². The molecule has 2 saturated heterocycles. The van der Waals surface area contributed by atoms with Gasteiger partial charge in [-0.2, -0.15) is 0 Å². The minimum Gasteiger partial charge on any atom is -0.462 e. The summed E-state index contributed by atoms with van der Waals surface area (Å²) in [7, 11) is 4.13. The molecule has 17 atom stereocenters. The molecule has 2 N–H and O–H groups in total. The molecule has 0 amide bonds. The van der Waals surface area contributed by atoms with Crippen LogP contribution in [0.5, 0.6) is 0 Å². The SMILES string of the molecule is CC[C@H]1OC(=O)C[C@@H](O)[C@H](C)[C@@H](O[C@@H]2O[C@H](C)[C@@H](C)[C@H](N(C)C)[C@H]2C)[C@@H](CCO)C[C@@H](C)C(=O)/C=C/C(C)=C/[C@@H]1CO[C@@H]1O[C@H](C)[C@@H](C)[C@@H](C)[C@H]1C. The van der Waals surface area contributed by atoms with Crippen LogP contribution in [-0.2, 0) is 33.3 Å². The summed E-state index contributed by atoms with van der Waals surface area (Å²) in [5, 5.41) is 21.9. The highest BCUT2D eigenvalue weighted by atomic mass is 16.7. The maximum atomic E-state index is 13.6. The molecule has 0 bridgehead atoms. The van der Waals surface area contributed by atoms with Crippen LogP contribution >= 0.6 is 0 Å². The summed E-state index contributed by atoms with van der Waals surface area (Å²) < 4.78 is 32.2.